The summed E-state index contributed by atoms with van der Waals surface area (Å²) in [4.78, 5) is 8.45. The first-order valence-electron chi connectivity index (χ1n) is 6.47. The highest BCUT2D eigenvalue weighted by Gasteiger charge is 2.15. The van der Waals surface area contributed by atoms with Gasteiger partial charge in [-0.3, -0.25) is 0 Å². The van der Waals surface area contributed by atoms with Crippen LogP contribution in [0.2, 0.25) is 0 Å². The molecule has 0 atom stereocenters. The van der Waals surface area contributed by atoms with Crippen molar-refractivity contribution in [3.8, 4) is 0 Å². The molecule has 5 nitrogen and oxygen atoms in total. The predicted octanol–water partition coefficient (Wildman–Crippen LogP) is 1.88. The van der Waals surface area contributed by atoms with Crippen LogP contribution in [-0.4, -0.2) is 28.0 Å². The molecule has 1 aromatic heterocycles. The lowest BCUT2D eigenvalue weighted by molar-refractivity contribution is 0.515. The quantitative estimate of drug-likeness (QED) is 0.558. The fourth-order valence-electron chi connectivity index (χ4n) is 2.22. The SMILES string of the molecule is CCc1c(NN)ncnc1NCC1CCSCC1. The van der Waals surface area contributed by atoms with E-state index in [1.54, 1.807) is 6.33 Å². The molecule has 0 spiro atoms. The van der Waals surface area contributed by atoms with Crippen LogP contribution in [0.5, 0.6) is 0 Å². The molecule has 0 aromatic carbocycles. The smallest absolute Gasteiger partial charge is 0.148 e. The van der Waals surface area contributed by atoms with Crippen LogP contribution >= 0.6 is 11.8 Å². The number of thioether (sulfide) groups is 1. The Kier molecular flexibility index (Phi) is 5.07. The van der Waals surface area contributed by atoms with Crippen LogP contribution in [0.15, 0.2) is 6.33 Å². The minimum absolute atomic E-state index is 0.717. The van der Waals surface area contributed by atoms with Crippen molar-refractivity contribution in [1.29, 1.82) is 0 Å². The van der Waals surface area contributed by atoms with Crippen molar-refractivity contribution in [1.82, 2.24) is 9.97 Å². The average Bonchev–Trinajstić information content (AvgIpc) is 2.45. The number of anilines is 2. The summed E-state index contributed by atoms with van der Waals surface area (Å²) in [5.74, 6) is 10.4. The molecule has 0 aliphatic carbocycles. The minimum atomic E-state index is 0.717. The molecule has 1 saturated heterocycles. The van der Waals surface area contributed by atoms with E-state index >= 15 is 0 Å². The summed E-state index contributed by atoms with van der Waals surface area (Å²) in [6.45, 7) is 3.08. The topological polar surface area (TPSA) is 75.9 Å². The van der Waals surface area contributed by atoms with Crippen molar-refractivity contribution in [2.24, 2.45) is 11.8 Å². The Balaban J connectivity index is 1.99. The van der Waals surface area contributed by atoms with Crippen molar-refractivity contribution in [3.63, 3.8) is 0 Å². The first kappa shape index (κ1) is 13.4. The van der Waals surface area contributed by atoms with E-state index in [9.17, 15) is 0 Å². The Morgan fingerprint density at radius 2 is 2.06 bits per heavy atom. The largest absolute Gasteiger partial charge is 0.369 e. The predicted molar refractivity (Wildman–Crippen MR) is 77.8 cm³/mol. The van der Waals surface area contributed by atoms with E-state index in [-0.39, 0.29) is 0 Å². The molecule has 18 heavy (non-hydrogen) atoms. The molecule has 2 rings (SSSR count). The van der Waals surface area contributed by atoms with Crippen LogP contribution in [0.25, 0.3) is 0 Å². The van der Waals surface area contributed by atoms with Crippen LogP contribution in [-0.2, 0) is 6.42 Å². The molecule has 0 unspecified atom stereocenters. The maximum absolute atomic E-state index is 5.46. The average molecular weight is 267 g/mol. The van der Waals surface area contributed by atoms with Gasteiger partial charge in [0.2, 0.25) is 0 Å². The Labute approximate surface area is 112 Å². The van der Waals surface area contributed by atoms with Crippen LogP contribution < -0.4 is 16.6 Å². The van der Waals surface area contributed by atoms with E-state index < -0.39 is 0 Å². The van der Waals surface area contributed by atoms with Gasteiger partial charge in [0.15, 0.2) is 0 Å². The molecule has 0 bridgehead atoms. The second-order valence-electron chi connectivity index (χ2n) is 4.48. The van der Waals surface area contributed by atoms with Gasteiger partial charge in [0.25, 0.3) is 0 Å². The molecule has 1 fully saturated rings. The number of nitrogen functional groups attached to an aromatic ring is 1. The van der Waals surface area contributed by atoms with Gasteiger partial charge in [0, 0.05) is 12.1 Å². The summed E-state index contributed by atoms with van der Waals surface area (Å²) in [6, 6.07) is 0. The van der Waals surface area contributed by atoms with Gasteiger partial charge >= 0.3 is 0 Å². The number of rotatable bonds is 5. The lowest BCUT2D eigenvalue weighted by Gasteiger charge is -2.22. The Morgan fingerprint density at radius 3 is 2.72 bits per heavy atom. The van der Waals surface area contributed by atoms with Crippen LogP contribution in [0, 0.1) is 5.92 Å². The molecule has 0 saturated carbocycles. The van der Waals surface area contributed by atoms with Crippen LogP contribution in [0.4, 0.5) is 11.6 Å². The highest BCUT2D eigenvalue weighted by Crippen LogP contribution is 2.24. The van der Waals surface area contributed by atoms with E-state index in [2.05, 4.69) is 39.4 Å². The van der Waals surface area contributed by atoms with Gasteiger partial charge < -0.3 is 10.7 Å². The second kappa shape index (κ2) is 6.80. The van der Waals surface area contributed by atoms with Crippen LogP contribution in [0.3, 0.4) is 0 Å². The van der Waals surface area contributed by atoms with Crippen molar-refractivity contribution in [3.05, 3.63) is 11.9 Å². The molecular formula is C12H21N5S. The maximum Gasteiger partial charge on any atom is 0.148 e. The van der Waals surface area contributed by atoms with E-state index in [1.807, 2.05) is 0 Å². The maximum atomic E-state index is 5.46. The molecule has 0 radical (unpaired) electrons. The van der Waals surface area contributed by atoms with Gasteiger partial charge in [-0.1, -0.05) is 6.92 Å². The standard InChI is InChI=1S/C12H21N5S/c1-2-10-11(15-8-16-12(10)17-13)14-7-9-3-5-18-6-4-9/h8-9H,2-7,13H2,1H3,(H2,14,15,16,17). The molecule has 4 N–H and O–H groups in total. The lowest BCUT2D eigenvalue weighted by atomic mass is 10.0. The van der Waals surface area contributed by atoms with Gasteiger partial charge in [-0.05, 0) is 36.7 Å². The summed E-state index contributed by atoms with van der Waals surface area (Å²) in [6.07, 6.45) is 5.01. The molecule has 0 amide bonds. The second-order valence-corrected chi connectivity index (χ2v) is 5.71. The monoisotopic (exact) mass is 267 g/mol. The van der Waals surface area contributed by atoms with Gasteiger partial charge in [-0.2, -0.15) is 11.8 Å². The highest BCUT2D eigenvalue weighted by atomic mass is 32.2. The molecule has 100 valence electrons. The van der Waals surface area contributed by atoms with Crippen molar-refractivity contribution < 1.29 is 0 Å². The Morgan fingerprint density at radius 1 is 1.33 bits per heavy atom. The number of nitrogens with one attached hydrogen (secondary N) is 2. The normalized spacial score (nSPS) is 16.6. The van der Waals surface area contributed by atoms with E-state index in [0.29, 0.717) is 5.82 Å². The van der Waals surface area contributed by atoms with Gasteiger partial charge in [0.05, 0.1) is 0 Å². The summed E-state index contributed by atoms with van der Waals surface area (Å²) in [5, 5.41) is 3.45. The first-order chi connectivity index (χ1) is 8.85. The van der Waals surface area contributed by atoms with Crippen molar-refractivity contribution in [2.45, 2.75) is 26.2 Å². The third-order valence-corrected chi connectivity index (χ3v) is 4.38. The third kappa shape index (κ3) is 3.26. The fourth-order valence-corrected chi connectivity index (χ4v) is 3.42. The van der Waals surface area contributed by atoms with Crippen LogP contribution in [0.1, 0.15) is 25.3 Å². The number of hydrogen-bond donors (Lipinski definition) is 3. The van der Waals surface area contributed by atoms with E-state index in [4.69, 9.17) is 5.84 Å². The van der Waals surface area contributed by atoms with Crippen molar-refractivity contribution in [2.75, 3.05) is 28.8 Å². The third-order valence-electron chi connectivity index (χ3n) is 3.33. The summed E-state index contributed by atoms with van der Waals surface area (Å²) in [7, 11) is 0. The first-order valence-corrected chi connectivity index (χ1v) is 7.62. The molecule has 1 aliphatic rings. The summed E-state index contributed by atoms with van der Waals surface area (Å²) < 4.78 is 0. The van der Waals surface area contributed by atoms with Crippen molar-refractivity contribution >= 4 is 23.4 Å². The number of nitrogens with two attached hydrogens (primary N) is 1. The summed E-state index contributed by atoms with van der Waals surface area (Å²) in [5.41, 5.74) is 3.69. The zero-order chi connectivity index (χ0) is 12.8. The summed E-state index contributed by atoms with van der Waals surface area (Å²) >= 11 is 2.05. The number of aromatic nitrogens is 2. The van der Waals surface area contributed by atoms with Gasteiger partial charge in [0.1, 0.15) is 18.0 Å². The Hall–Kier alpha value is -1.01. The number of hydrazine groups is 1. The highest BCUT2D eigenvalue weighted by molar-refractivity contribution is 7.99. The Bertz CT molecular complexity index is 379. The number of hydrogen-bond acceptors (Lipinski definition) is 6. The molecule has 1 aliphatic heterocycles. The zero-order valence-electron chi connectivity index (χ0n) is 10.8. The molecule has 6 heteroatoms. The van der Waals surface area contributed by atoms with Gasteiger partial charge in [-0.25, -0.2) is 15.8 Å². The fraction of sp³-hybridized carbons (Fsp3) is 0.667. The van der Waals surface area contributed by atoms with E-state index in [0.717, 1.165) is 30.3 Å². The van der Waals surface area contributed by atoms with E-state index in [1.165, 1.54) is 24.3 Å². The minimum Gasteiger partial charge on any atom is -0.369 e. The number of nitrogens with zero attached hydrogens (tertiary/aromatic N) is 2. The molecule has 2 heterocycles. The lowest BCUT2D eigenvalue weighted by Crippen LogP contribution is -2.21. The zero-order valence-corrected chi connectivity index (χ0v) is 11.6. The molecular weight excluding hydrogens is 246 g/mol. The van der Waals surface area contributed by atoms with Gasteiger partial charge in [-0.15, -0.1) is 0 Å². The molecule has 1 aromatic rings.